The second-order valence-electron chi connectivity index (χ2n) is 8.28. The summed E-state index contributed by atoms with van der Waals surface area (Å²) >= 11 is 0. The second-order valence-corrected chi connectivity index (χ2v) is 8.28. The first-order valence-electron chi connectivity index (χ1n) is 12.1. The number of allylic oxidation sites excluding steroid dienone is 1. The fourth-order valence-corrected chi connectivity index (χ4v) is 3.15. The van der Waals surface area contributed by atoms with E-state index in [2.05, 4.69) is 42.6 Å². The Morgan fingerprint density at radius 3 is 2.52 bits per heavy atom. The van der Waals surface area contributed by atoms with E-state index in [1.54, 1.807) is 37.4 Å². The Hall–Kier alpha value is -4.52. The first-order valence-corrected chi connectivity index (χ1v) is 12.1. The van der Waals surface area contributed by atoms with Crippen LogP contribution in [0, 0.1) is 6.92 Å². The van der Waals surface area contributed by atoms with Crippen LogP contribution in [0.25, 0.3) is 5.82 Å². The van der Waals surface area contributed by atoms with Gasteiger partial charge in [-0.3, -0.25) is 4.79 Å². The summed E-state index contributed by atoms with van der Waals surface area (Å²) in [5, 5.41) is 13.1. The summed E-state index contributed by atoms with van der Waals surface area (Å²) in [7, 11) is 3.00. The summed E-state index contributed by atoms with van der Waals surface area (Å²) in [6, 6.07) is 6.83. The van der Waals surface area contributed by atoms with E-state index in [0.717, 1.165) is 11.6 Å². The molecule has 0 aliphatic heterocycles. The Labute approximate surface area is 231 Å². The molecule has 0 spiro atoms. The van der Waals surface area contributed by atoms with Gasteiger partial charge in [0.2, 0.25) is 11.8 Å². The number of aryl methyl sites for hydroxylation is 1. The molecule has 0 aliphatic rings. The van der Waals surface area contributed by atoms with E-state index >= 15 is 0 Å². The molecule has 40 heavy (non-hydrogen) atoms. The number of rotatable bonds is 9. The largest absolute Gasteiger partial charge is 0.481 e. The number of methoxy groups -OCH3 is 1. The fourth-order valence-electron chi connectivity index (χ4n) is 3.15. The van der Waals surface area contributed by atoms with Crippen molar-refractivity contribution < 1.29 is 22.7 Å². The molecule has 0 bridgehead atoms. The number of carbonyl (C=O) groups is 1. The molecule has 0 fully saturated rings. The fraction of sp³-hybridized carbons (Fsp3) is 0.296. The number of benzene rings is 1. The van der Waals surface area contributed by atoms with Gasteiger partial charge in [0.05, 0.1) is 7.11 Å². The number of pyridine rings is 1. The van der Waals surface area contributed by atoms with Crippen molar-refractivity contribution in [2.45, 2.75) is 39.9 Å². The van der Waals surface area contributed by atoms with Gasteiger partial charge in [0.25, 0.3) is 5.91 Å². The van der Waals surface area contributed by atoms with Gasteiger partial charge >= 0.3 is 6.18 Å². The van der Waals surface area contributed by atoms with Crippen molar-refractivity contribution in [1.29, 1.82) is 0 Å². The van der Waals surface area contributed by atoms with Gasteiger partial charge in [-0.05, 0) is 64.6 Å². The predicted octanol–water partition coefficient (Wildman–Crippen LogP) is 5.69. The minimum Gasteiger partial charge on any atom is -0.481 e. The number of hydrogen-bond donors (Lipinski definition) is 3. The third-order valence-electron chi connectivity index (χ3n) is 5.19. The lowest BCUT2D eigenvalue weighted by Crippen LogP contribution is -2.19. The normalized spacial score (nSPS) is 12.4. The third-order valence-corrected chi connectivity index (χ3v) is 5.19. The zero-order valence-corrected chi connectivity index (χ0v) is 23.2. The summed E-state index contributed by atoms with van der Waals surface area (Å²) in [6.45, 7) is 10.8. The van der Waals surface area contributed by atoms with Crippen molar-refractivity contribution in [3.05, 3.63) is 72.2 Å². The van der Waals surface area contributed by atoms with Gasteiger partial charge in [-0.25, -0.2) is 9.98 Å². The van der Waals surface area contributed by atoms with E-state index in [-0.39, 0.29) is 17.5 Å². The molecule has 2 heterocycles. The molecule has 2 aromatic heterocycles. The van der Waals surface area contributed by atoms with Crippen LogP contribution in [-0.4, -0.2) is 52.1 Å². The molecule has 10 nitrogen and oxygen atoms in total. The molecule has 3 aromatic rings. The number of hydrogen-bond acceptors (Lipinski definition) is 8. The molecule has 0 saturated carbocycles. The van der Waals surface area contributed by atoms with Crippen molar-refractivity contribution in [1.82, 2.24) is 25.1 Å². The molecule has 1 amide bonds. The SMILES string of the molecule is C/C=N\C(=C/C(C)NC)n1ncnc1Nc1cc(NC(=O)c2cc(OC)nc(C(F)(F)F)c2)ccc1C.C=CC. The number of alkyl halides is 3. The minimum absolute atomic E-state index is 0.0145. The lowest BCUT2D eigenvalue weighted by atomic mass is 10.1. The van der Waals surface area contributed by atoms with E-state index in [0.29, 0.717) is 29.2 Å². The molecule has 0 aliphatic carbocycles. The van der Waals surface area contributed by atoms with E-state index in [1.807, 2.05) is 33.9 Å². The topological polar surface area (TPSA) is 118 Å². The van der Waals surface area contributed by atoms with E-state index < -0.39 is 17.8 Å². The highest BCUT2D eigenvalue weighted by molar-refractivity contribution is 6.04. The monoisotopic (exact) mass is 558 g/mol. The average Bonchev–Trinajstić information content (AvgIpc) is 3.37. The molecule has 0 saturated heterocycles. The Bertz CT molecular complexity index is 1370. The average molecular weight is 559 g/mol. The molecule has 13 heteroatoms. The molecule has 214 valence electrons. The van der Waals surface area contributed by atoms with Crippen LogP contribution in [0.1, 0.15) is 42.4 Å². The minimum atomic E-state index is -4.74. The Morgan fingerprint density at radius 2 is 1.93 bits per heavy atom. The van der Waals surface area contributed by atoms with Gasteiger partial charge in [0, 0.05) is 35.3 Å². The van der Waals surface area contributed by atoms with Crippen molar-refractivity contribution in [3.63, 3.8) is 0 Å². The Kier molecular flexibility index (Phi) is 11.6. The van der Waals surface area contributed by atoms with Crippen LogP contribution in [0.2, 0.25) is 0 Å². The maximum absolute atomic E-state index is 13.2. The number of ether oxygens (including phenoxy) is 1. The van der Waals surface area contributed by atoms with Crippen LogP contribution in [-0.2, 0) is 6.18 Å². The number of aromatic nitrogens is 4. The lowest BCUT2D eigenvalue weighted by Gasteiger charge is -2.14. The number of nitrogens with zero attached hydrogens (tertiary/aromatic N) is 5. The molecule has 3 N–H and O–H groups in total. The van der Waals surface area contributed by atoms with Crippen molar-refractivity contribution in [2.75, 3.05) is 24.8 Å². The number of halogens is 3. The Morgan fingerprint density at radius 1 is 1.23 bits per heavy atom. The van der Waals surface area contributed by atoms with Gasteiger partial charge in [-0.15, -0.1) is 6.58 Å². The van der Waals surface area contributed by atoms with Crippen LogP contribution in [0.15, 0.2) is 60.4 Å². The summed E-state index contributed by atoms with van der Waals surface area (Å²) < 4.78 is 45.9. The summed E-state index contributed by atoms with van der Waals surface area (Å²) in [5.74, 6) is -0.163. The molecular weight excluding hydrogens is 525 g/mol. The lowest BCUT2D eigenvalue weighted by molar-refractivity contribution is -0.141. The van der Waals surface area contributed by atoms with Crippen LogP contribution < -0.4 is 20.7 Å². The molecule has 1 unspecified atom stereocenters. The van der Waals surface area contributed by atoms with Crippen LogP contribution in [0.5, 0.6) is 5.88 Å². The standard InChI is InChI=1S/C24H27F3N8O2.C3H6/c1-6-29-20(9-15(3)28-4)35-23(30-13-31-35)33-18-12-17(8-7-14(18)2)32-22(36)16-10-19(24(25,26)27)34-21(11-16)37-5;1-3-2/h6-13,15,28H,1-5H3,(H,32,36)(H,30,31,33);3H,1H2,2H3/b20-9+,29-6-;. The third kappa shape index (κ3) is 8.76. The van der Waals surface area contributed by atoms with E-state index in [9.17, 15) is 18.0 Å². The van der Waals surface area contributed by atoms with Gasteiger partial charge in [-0.1, -0.05) is 12.1 Å². The van der Waals surface area contributed by atoms with Crippen LogP contribution in [0.4, 0.5) is 30.5 Å². The molecule has 1 aromatic carbocycles. The van der Waals surface area contributed by atoms with Crippen LogP contribution >= 0.6 is 0 Å². The molecule has 0 radical (unpaired) electrons. The quantitative estimate of drug-likeness (QED) is 0.228. The van der Waals surface area contributed by atoms with E-state index in [4.69, 9.17) is 4.74 Å². The highest BCUT2D eigenvalue weighted by Crippen LogP contribution is 2.30. The highest BCUT2D eigenvalue weighted by atomic mass is 19.4. The second kappa shape index (κ2) is 14.6. The molecule has 1 atom stereocenters. The summed E-state index contributed by atoms with van der Waals surface area (Å²) in [5.41, 5.74) is 0.288. The number of carbonyl (C=O) groups excluding carboxylic acids is 1. The van der Waals surface area contributed by atoms with Crippen molar-refractivity contribution >= 4 is 35.3 Å². The maximum Gasteiger partial charge on any atom is 0.433 e. The Balaban J connectivity index is 0.00000178. The first kappa shape index (κ1) is 31.7. The van der Waals surface area contributed by atoms with Crippen molar-refractivity contribution in [2.24, 2.45) is 4.99 Å². The predicted molar refractivity (Wildman–Crippen MR) is 151 cm³/mol. The zero-order valence-electron chi connectivity index (χ0n) is 23.2. The van der Waals surface area contributed by atoms with Gasteiger partial charge in [-0.2, -0.15) is 27.9 Å². The summed E-state index contributed by atoms with van der Waals surface area (Å²) in [6.07, 6.45) is 1.91. The highest BCUT2D eigenvalue weighted by Gasteiger charge is 2.34. The van der Waals surface area contributed by atoms with Gasteiger partial charge in [0.15, 0.2) is 5.82 Å². The number of nitrogens with one attached hydrogen (secondary N) is 3. The van der Waals surface area contributed by atoms with Gasteiger partial charge < -0.3 is 20.7 Å². The van der Waals surface area contributed by atoms with Gasteiger partial charge in [0.1, 0.15) is 12.0 Å². The number of amides is 1. The van der Waals surface area contributed by atoms with Crippen molar-refractivity contribution in [3.8, 4) is 5.88 Å². The zero-order chi connectivity index (χ0) is 29.9. The molecule has 3 rings (SSSR count). The smallest absolute Gasteiger partial charge is 0.433 e. The summed E-state index contributed by atoms with van der Waals surface area (Å²) in [4.78, 5) is 24.8. The number of aliphatic imine (C=N–C) groups is 1. The maximum atomic E-state index is 13.2. The van der Waals surface area contributed by atoms with E-state index in [1.165, 1.54) is 18.1 Å². The number of likely N-dealkylation sites (N-methyl/N-ethyl adjacent to an activating group) is 1. The first-order chi connectivity index (χ1) is 19.0. The molecular formula is C27H33F3N8O2. The number of anilines is 3. The van der Waals surface area contributed by atoms with Crippen LogP contribution in [0.3, 0.4) is 0 Å².